The van der Waals surface area contributed by atoms with Gasteiger partial charge in [0.1, 0.15) is 3.14 Å². The summed E-state index contributed by atoms with van der Waals surface area (Å²) in [6.45, 7) is 0. The molecule has 0 bridgehead atoms. The topological polar surface area (TPSA) is 60.4 Å². The van der Waals surface area contributed by atoms with Gasteiger partial charge in [-0.1, -0.05) is 12.2 Å². The number of carbonyl (C=O) groups is 2. The van der Waals surface area contributed by atoms with Gasteiger partial charge in [-0.25, -0.2) is 0 Å². The summed E-state index contributed by atoms with van der Waals surface area (Å²) in [5.41, 5.74) is 0. The Morgan fingerprint density at radius 1 is 0.909 bits per heavy atom. The Bertz CT molecular complexity index is 773. The maximum Gasteiger partial charge on any atom is 0.260 e. The minimum Gasteiger partial charge on any atom is -0.460 e. The molecule has 4 nitrogen and oxygen atoms in total. The zero-order valence-electron chi connectivity index (χ0n) is 10.6. The van der Waals surface area contributed by atoms with Crippen LogP contribution in [-0.2, 0) is 0 Å². The molecule has 0 amide bonds. The van der Waals surface area contributed by atoms with Crippen molar-refractivity contribution in [2.45, 2.75) is 8.42 Å². The van der Waals surface area contributed by atoms with Gasteiger partial charge in [-0.05, 0) is 47.8 Å². The number of hydrogen-bond donors (Lipinski definition) is 0. The summed E-state index contributed by atoms with van der Waals surface area (Å²) in [4.78, 5) is 24.2. The van der Waals surface area contributed by atoms with E-state index >= 15 is 0 Å². The molecule has 0 atom stereocenters. The Kier molecular flexibility index (Phi) is 4.99. The van der Waals surface area contributed by atoms with Crippen molar-refractivity contribution in [3.63, 3.8) is 0 Å². The number of hydrogen-bond acceptors (Lipinski definition) is 9. The maximum atomic E-state index is 12.1. The molecule has 0 radical (unpaired) electrons. The first-order valence-electron chi connectivity index (χ1n) is 5.79. The molecule has 3 rings (SSSR count). The largest absolute Gasteiger partial charge is 0.460 e. The van der Waals surface area contributed by atoms with Crippen molar-refractivity contribution in [2.24, 2.45) is 0 Å². The third-order valence-corrected chi connectivity index (χ3v) is 7.52. The van der Waals surface area contributed by atoms with Gasteiger partial charge in [-0.3, -0.25) is 9.59 Å². The van der Waals surface area contributed by atoms with Gasteiger partial charge in [0.05, 0.1) is 20.9 Å². The van der Waals surface area contributed by atoms with E-state index in [1.165, 1.54) is 35.2 Å². The molecule has 0 aliphatic rings. The van der Waals surface area contributed by atoms with Crippen LogP contribution in [0, 0.1) is 3.14 Å². The van der Waals surface area contributed by atoms with Gasteiger partial charge >= 0.3 is 0 Å². The molecule has 0 aliphatic carbocycles. The second-order valence-electron chi connectivity index (χ2n) is 3.76. The number of thioether (sulfide) groups is 2. The van der Waals surface area contributed by atoms with Gasteiger partial charge in [-0.2, -0.15) is 0 Å². The fraction of sp³-hybridized carbons (Fsp3) is 0. The van der Waals surface area contributed by atoms with E-state index in [0.717, 1.165) is 23.5 Å². The normalized spacial score (nSPS) is 10.7. The summed E-state index contributed by atoms with van der Waals surface area (Å²) in [5, 5.41) is -0.442. The summed E-state index contributed by atoms with van der Waals surface area (Å²) in [6, 6.07) is 6.50. The third-order valence-electron chi connectivity index (χ3n) is 2.33. The monoisotopic (exact) mass is 386 g/mol. The highest BCUT2D eigenvalue weighted by Crippen LogP contribution is 2.42. The molecule has 0 N–H and O–H groups in total. The molecule has 0 unspecified atom stereocenters. The molecular formula is C13H6O4S5. The molecule has 3 heterocycles. The summed E-state index contributed by atoms with van der Waals surface area (Å²) in [7, 11) is 0. The maximum absolute atomic E-state index is 12.1. The Hall–Kier alpha value is -1.13. The first-order valence-corrected chi connectivity index (χ1v) is 9.46. The van der Waals surface area contributed by atoms with Crippen molar-refractivity contribution in [3.8, 4) is 0 Å². The Balaban J connectivity index is 1.79. The zero-order valence-corrected chi connectivity index (χ0v) is 14.7. The molecule has 0 aromatic carbocycles. The summed E-state index contributed by atoms with van der Waals surface area (Å²) >= 11 is 9.81. The molecule has 3 aromatic heterocycles. The zero-order chi connectivity index (χ0) is 15.5. The third kappa shape index (κ3) is 3.61. The minimum atomic E-state index is -0.221. The smallest absolute Gasteiger partial charge is 0.260 e. The molecular weight excluding hydrogens is 380 g/mol. The number of rotatable bonds is 4. The standard InChI is InChI=1S/C13H6O4S5/c14-9(7-3-1-5-16-7)19-11-12(22-13(18)21-11)20-10(15)8-4-2-6-17-8/h1-6H. The van der Waals surface area contributed by atoms with Gasteiger partial charge in [0.25, 0.3) is 10.2 Å². The molecule has 112 valence electrons. The van der Waals surface area contributed by atoms with Crippen molar-refractivity contribution in [3.05, 3.63) is 51.4 Å². The molecule has 0 aliphatic heterocycles. The van der Waals surface area contributed by atoms with Crippen LogP contribution in [0.15, 0.2) is 54.0 Å². The van der Waals surface area contributed by atoms with Crippen LogP contribution in [-0.4, -0.2) is 10.2 Å². The van der Waals surface area contributed by atoms with E-state index < -0.39 is 0 Å². The summed E-state index contributed by atoms with van der Waals surface area (Å²) in [6.07, 6.45) is 2.89. The van der Waals surface area contributed by atoms with Crippen LogP contribution >= 0.6 is 58.4 Å². The van der Waals surface area contributed by atoms with Crippen LogP contribution < -0.4 is 0 Å². The quantitative estimate of drug-likeness (QED) is 0.428. The fourth-order valence-electron chi connectivity index (χ4n) is 1.44. The Labute approximate surface area is 146 Å². The average molecular weight is 387 g/mol. The van der Waals surface area contributed by atoms with Crippen molar-refractivity contribution < 1.29 is 18.4 Å². The molecule has 22 heavy (non-hydrogen) atoms. The van der Waals surface area contributed by atoms with Crippen molar-refractivity contribution >= 4 is 68.6 Å². The lowest BCUT2D eigenvalue weighted by molar-refractivity contribution is 0.105. The van der Waals surface area contributed by atoms with E-state index in [-0.39, 0.29) is 21.8 Å². The van der Waals surface area contributed by atoms with Crippen LogP contribution in [0.1, 0.15) is 21.1 Å². The van der Waals surface area contributed by atoms with E-state index in [4.69, 9.17) is 21.1 Å². The van der Waals surface area contributed by atoms with Crippen LogP contribution in [0.5, 0.6) is 0 Å². The van der Waals surface area contributed by atoms with Crippen LogP contribution in [0.25, 0.3) is 0 Å². The highest BCUT2D eigenvalue weighted by molar-refractivity contribution is 8.18. The van der Waals surface area contributed by atoms with Crippen LogP contribution in [0.2, 0.25) is 0 Å². The number of furan rings is 2. The van der Waals surface area contributed by atoms with E-state index in [1.54, 1.807) is 24.3 Å². The van der Waals surface area contributed by atoms with E-state index in [0.29, 0.717) is 11.6 Å². The molecule has 0 saturated carbocycles. The van der Waals surface area contributed by atoms with Gasteiger partial charge in [-0.15, -0.1) is 22.7 Å². The Morgan fingerprint density at radius 3 is 1.73 bits per heavy atom. The van der Waals surface area contributed by atoms with Crippen LogP contribution in [0.3, 0.4) is 0 Å². The van der Waals surface area contributed by atoms with Gasteiger partial charge in [0, 0.05) is 0 Å². The molecule has 0 spiro atoms. The van der Waals surface area contributed by atoms with E-state index in [9.17, 15) is 9.59 Å². The van der Waals surface area contributed by atoms with Crippen molar-refractivity contribution in [1.29, 1.82) is 0 Å². The lowest BCUT2D eigenvalue weighted by atomic mass is 10.5. The van der Waals surface area contributed by atoms with Crippen molar-refractivity contribution in [2.75, 3.05) is 0 Å². The predicted molar refractivity (Wildman–Crippen MR) is 90.8 cm³/mol. The highest BCUT2D eigenvalue weighted by Gasteiger charge is 2.20. The highest BCUT2D eigenvalue weighted by atomic mass is 32.2. The second kappa shape index (κ2) is 6.97. The molecule has 9 heteroatoms. The van der Waals surface area contributed by atoms with Gasteiger partial charge in [0.15, 0.2) is 11.5 Å². The lowest BCUT2D eigenvalue weighted by Gasteiger charge is -1.99. The molecule has 0 fully saturated rings. The average Bonchev–Trinajstić information content (AvgIpc) is 3.20. The van der Waals surface area contributed by atoms with Gasteiger partial charge in [0.2, 0.25) is 0 Å². The SMILES string of the molecule is O=C(Sc1sc(=S)sc1SC(=O)c1ccco1)c1ccco1. The summed E-state index contributed by atoms with van der Waals surface area (Å²) < 4.78 is 12.2. The molecule has 3 aromatic rings. The second-order valence-corrected chi connectivity index (χ2v) is 9.47. The van der Waals surface area contributed by atoms with Crippen LogP contribution in [0.4, 0.5) is 0 Å². The van der Waals surface area contributed by atoms with E-state index in [1.807, 2.05) is 0 Å². The Morgan fingerprint density at radius 2 is 1.36 bits per heavy atom. The first-order chi connectivity index (χ1) is 10.6. The first kappa shape index (κ1) is 15.8. The van der Waals surface area contributed by atoms with Gasteiger partial charge < -0.3 is 8.83 Å². The lowest BCUT2D eigenvalue weighted by Crippen LogP contribution is -1.91. The number of carbonyl (C=O) groups excluding carboxylic acids is 2. The fourth-order valence-corrected chi connectivity index (χ4v) is 6.93. The molecule has 0 saturated heterocycles. The summed E-state index contributed by atoms with van der Waals surface area (Å²) in [5.74, 6) is 0.533. The van der Waals surface area contributed by atoms with Crippen molar-refractivity contribution in [1.82, 2.24) is 0 Å². The van der Waals surface area contributed by atoms with E-state index in [2.05, 4.69) is 0 Å². The predicted octanol–water partition coefficient (Wildman–Crippen LogP) is 5.59. The minimum absolute atomic E-state index is 0.221.